The van der Waals surface area contributed by atoms with Crippen LogP contribution >= 0.6 is 31.9 Å². The zero-order valence-corrected chi connectivity index (χ0v) is 21.7. The fourth-order valence-electron chi connectivity index (χ4n) is 3.00. The normalized spacial score (nSPS) is 10.9. The smallest absolute Gasteiger partial charge is 0.338 e. The fourth-order valence-corrected chi connectivity index (χ4v) is 4.45. The maximum atomic E-state index is 13.4. The predicted molar refractivity (Wildman–Crippen MR) is 137 cm³/mol. The molecular weight excluding hydrogens is 583 g/mol. The Labute approximate surface area is 218 Å². The van der Waals surface area contributed by atoms with Gasteiger partial charge in [-0.2, -0.15) is 5.26 Å². The molecule has 0 aliphatic heterocycles. The first-order chi connectivity index (χ1) is 16.8. The van der Waals surface area contributed by atoms with E-state index in [9.17, 15) is 19.2 Å². The molecule has 0 heterocycles. The lowest BCUT2D eigenvalue weighted by atomic mass is 10.1. The fraction of sp³-hybridized carbons (Fsp3) is 0.115. The number of hydrogen-bond acceptors (Lipinski definition) is 5. The number of amides is 1. The minimum atomic E-state index is -0.602. The summed E-state index contributed by atoms with van der Waals surface area (Å²) >= 11 is 6.88. The van der Waals surface area contributed by atoms with E-state index in [1.807, 2.05) is 6.07 Å². The molecule has 0 aliphatic carbocycles. The van der Waals surface area contributed by atoms with E-state index < -0.39 is 11.9 Å². The summed E-state index contributed by atoms with van der Waals surface area (Å²) in [6, 6.07) is 17.6. The summed E-state index contributed by atoms with van der Waals surface area (Å²) in [7, 11) is 0. The summed E-state index contributed by atoms with van der Waals surface area (Å²) in [6.07, 6.45) is 1.44. The van der Waals surface area contributed by atoms with Crippen LogP contribution in [-0.2, 0) is 16.1 Å². The van der Waals surface area contributed by atoms with Crippen molar-refractivity contribution in [3.05, 3.63) is 97.7 Å². The highest BCUT2D eigenvalue weighted by Crippen LogP contribution is 2.36. The van der Waals surface area contributed by atoms with Crippen molar-refractivity contribution in [1.29, 1.82) is 5.26 Å². The first-order valence-electron chi connectivity index (χ1n) is 10.4. The molecule has 0 spiro atoms. The molecule has 0 saturated heterocycles. The molecule has 0 radical (unpaired) electrons. The lowest BCUT2D eigenvalue weighted by Crippen LogP contribution is -2.13. The van der Waals surface area contributed by atoms with Crippen LogP contribution < -0.4 is 10.1 Å². The largest absolute Gasteiger partial charge is 0.487 e. The molecule has 3 aromatic carbocycles. The number of esters is 1. The van der Waals surface area contributed by atoms with Crippen molar-refractivity contribution in [1.82, 2.24) is 0 Å². The number of carbonyl (C=O) groups is 2. The van der Waals surface area contributed by atoms with Crippen LogP contribution in [0.15, 0.2) is 75.2 Å². The van der Waals surface area contributed by atoms with Crippen LogP contribution in [0.2, 0.25) is 0 Å². The second kappa shape index (κ2) is 12.3. The highest BCUT2D eigenvalue weighted by atomic mass is 79.9. The molecular formula is C26H19Br2FN2O4. The number of ether oxygens (including phenoxy) is 2. The van der Waals surface area contributed by atoms with Gasteiger partial charge in [0.15, 0.2) is 0 Å². The van der Waals surface area contributed by atoms with Crippen LogP contribution in [0.5, 0.6) is 5.75 Å². The van der Waals surface area contributed by atoms with Gasteiger partial charge >= 0.3 is 5.97 Å². The molecule has 0 saturated carbocycles. The number of nitrogens with one attached hydrogen (secondary N) is 1. The van der Waals surface area contributed by atoms with Gasteiger partial charge in [-0.3, -0.25) is 4.79 Å². The number of nitrogens with zero attached hydrogens (tertiary/aromatic N) is 1. The summed E-state index contributed by atoms with van der Waals surface area (Å²) in [5.74, 6) is -0.907. The summed E-state index contributed by atoms with van der Waals surface area (Å²) in [5.41, 5.74) is 1.91. The van der Waals surface area contributed by atoms with Gasteiger partial charge in [0.25, 0.3) is 5.91 Å². The Bertz CT molecular complexity index is 1290. The Balaban J connectivity index is 1.72. The minimum absolute atomic E-state index is 0.119. The van der Waals surface area contributed by atoms with E-state index in [-0.39, 0.29) is 24.6 Å². The van der Waals surface area contributed by atoms with Crippen molar-refractivity contribution >= 4 is 55.5 Å². The third kappa shape index (κ3) is 7.25. The van der Waals surface area contributed by atoms with E-state index in [1.54, 1.807) is 43.3 Å². The Morgan fingerprint density at radius 2 is 1.77 bits per heavy atom. The predicted octanol–water partition coefficient (Wildman–Crippen LogP) is 6.65. The number of anilines is 1. The van der Waals surface area contributed by atoms with Gasteiger partial charge in [-0.25, -0.2) is 9.18 Å². The van der Waals surface area contributed by atoms with Crippen LogP contribution in [0.25, 0.3) is 6.08 Å². The molecule has 3 rings (SSSR count). The summed E-state index contributed by atoms with van der Waals surface area (Å²) in [4.78, 5) is 24.4. The third-order valence-electron chi connectivity index (χ3n) is 4.62. The molecule has 0 fully saturated rings. The molecule has 3 aromatic rings. The van der Waals surface area contributed by atoms with Crippen LogP contribution in [-0.4, -0.2) is 18.5 Å². The standard InChI is InChI=1S/C26H19Br2FN2O4/c1-2-34-26(33)18-6-8-21(9-7-18)31-25(32)19(14-30)10-17-12-22(27)24(23(28)13-17)35-15-16-4-3-5-20(29)11-16/h3-13H,2,15H2,1H3,(H,31,32)/b19-10+. The average molecular weight is 602 g/mol. The van der Waals surface area contributed by atoms with E-state index in [0.29, 0.717) is 37.1 Å². The van der Waals surface area contributed by atoms with Crippen molar-refractivity contribution in [2.24, 2.45) is 0 Å². The summed E-state index contributed by atoms with van der Waals surface area (Å²) in [5, 5.41) is 12.2. The number of rotatable bonds is 8. The van der Waals surface area contributed by atoms with Crippen molar-refractivity contribution in [2.75, 3.05) is 11.9 Å². The van der Waals surface area contributed by atoms with Gasteiger partial charge in [0.1, 0.15) is 29.8 Å². The lowest BCUT2D eigenvalue weighted by molar-refractivity contribution is -0.112. The van der Waals surface area contributed by atoms with Crippen LogP contribution in [0.4, 0.5) is 10.1 Å². The zero-order chi connectivity index (χ0) is 25.4. The Morgan fingerprint density at radius 1 is 1.09 bits per heavy atom. The molecule has 0 bridgehead atoms. The molecule has 1 amide bonds. The SMILES string of the molecule is CCOC(=O)c1ccc(NC(=O)/C(C#N)=C/c2cc(Br)c(OCc3cccc(F)c3)c(Br)c2)cc1. The van der Waals surface area contributed by atoms with E-state index >= 15 is 0 Å². The monoisotopic (exact) mass is 600 g/mol. The lowest BCUT2D eigenvalue weighted by Gasteiger charge is -2.12. The Morgan fingerprint density at radius 3 is 2.37 bits per heavy atom. The van der Waals surface area contributed by atoms with Gasteiger partial charge in [-0.05, 0) is 105 Å². The molecule has 6 nitrogen and oxygen atoms in total. The van der Waals surface area contributed by atoms with E-state index in [4.69, 9.17) is 9.47 Å². The number of carbonyl (C=O) groups excluding carboxylic acids is 2. The quantitative estimate of drug-likeness (QED) is 0.177. The van der Waals surface area contributed by atoms with Gasteiger partial charge in [0.2, 0.25) is 0 Å². The zero-order valence-electron chi connectivity index (χ0n) is 18.5. The third-order valence-corrected chi connectivity index (χ3v) is 5.80. The molecule has 0 atom stereocenters. The van der Waals surface area contributed by atoms with E-state index in [1.165, 1.54) is 30.3 Å². The van der Waals surface area contributed by atoms with E-state index in [0.717, 1.165) is 0 Å². The highest BCUT2D eigenvalue weighted by molar-refractivity contribution is 9.11. The van der Waals surface area contributed by atoms with Crippen LogP contribution in [0.3, 0.4) is 0 Å². The first kappa shape index (κ1) is 26.1. The van der Waals surface area contributed by atoms with Gasteiger partial charge in [0.05, 0.1) is 21.1 Å². The highest BCUT2D eigenvalue weighted by Gasteiger charge is 2.14. The average Bonchev–Trinajstić information content (AvgIpc) is 2.82. The summed E-state index contributed by atoms with van der Waals surface area (Å²) in [6.45, 7) is 2.14. The minimum Gasteiger partial charge on any atom is -0.487 e. The van der Waals surface area contributed by atoms with E-state index in [2.05, 4.69) is 37.2 Å². The molecule has 178 valence electrons. The molecule has 0 aliphatic rings. The summed E-state index contributed by atoms with van der Waals surface area (Å²) < 4.78 is 25.3. The molecule has 1 N–H and O–H groups in total. The maximum absolute atomic E-state index is 13.4. The van der Waals surface area contributed by atoms with Crippen molar-refractivity contribution < 1.29 is 23.5 Å². The molecule has 35 heavy (non-hydrogen) atoms. The Hall–Kier alpha value is -3.48. The topological polar surface area (TPSA) is 88.4 Å². The number of hydrogen-bond donors (Lipinski definition) is 1. The molecule has 9 heteroatoms. The first-order valence-corrected chi connectivity index (χ1v) is 12.0. The van der Waals surface area contributed by atoms with Gasteiger partial charge < -0.3 is 14.8 Å². The maximum Gasteiger partial charge on any atom is 0.338 e. The van der Waals surface area contributed by atoms with Crippen molar-refractivity contribution in [2.45, 2.75) is 13.5 Å². The second-order valence-electron chi connectivity index (χ2n) is 7.15. The van der Waals surface area contributed by atoms with Gasteiger partial charge in [-0.1, -0.05) is 12.1 Å². The van der Waals surface area contributed by atoms with Crippen molar-refractivity contribution in [3.8, 4) is 11.8 Å². The second-order valence-corrected chi connectivity index (χ2v) is 8.86. The molecule has 0 unspecified atom stereocenters. The Kier molecular flexibility index (Phi) is 9.18. The van der Waals surface area contributed by atoms with Crippen LogP contribution in [0.1, 0.15) is 28.4 Å². The number of benzene rings is 3. The molecule has 0 aromatic heterocycles. The number of nitriles is 1. The van der Waals surface area contributed by atoms with Crippen LogP contribution in [0, 0.1) is 17.1 Å². The van der Waals surface area contributed by atoms with Gasteiger partial charge in [-0.15, -0.1) is 0 Å². The number of halogens is 3. The van der Waals surface area contributed by atoms with Crippen molar-refractivity contribution in [3.63, 3.8) is 0 Å². The van der Waals surface area contributed by atoms with Gasteiger partial charge in [0, 0.05) is 5.69 Å².